The van der Waals surface area contributed by atoms with Gasteiger partial charge in [-0.2, -0.15) is 0 Å². The van der Waals surface area contributed by atoms with Gasteiger partial charge in [-0.05, 0) is 41.3 Å². The van der Waals surface area contributed by atoms with Crippen molar-refractivity contribution in [2.24, 2.45) is 5.92 Å². The molecule has 3 rings (SSSR count). The molecule has 2 nitrogen and oxygen atoms in total. The van der Waals surface area contributed by atoms with Gasteiger partial charge in [-0.15, -0.1) is 22.7 Å². The standard InChI is InChI=1S/C20H23NOS2/c1-4-16(15-9-7-14(8-10-15)12-13(2)3)20-21-19(22)18(24-20)17-6-5-11-23-17/h5-11,13,16,22H,4,12H2,1-3H3. The topological polar surface area (TPSA) is 33.1 Å². The highest BCUT2D eigenvalue weighted by molar-refractivity contribution is 7.21. The number of nitrogens with zero attached hydrogens (tertiary/aromatic N) is 1. The van der Waals surface area contributed by atoms with Crippen LogP contribution in [-0.4, -0.2) is 10.1 Å². The first-order valence-corrected chi connectivity index (χ1v) is 10.1. The number of hydrogen-bond donors (Lipinski definition) is 1. The van der Waals surface area contributed by atoms with E-state index in [9.17, 15) is 5.11 Å². The van der Waals surface area contributed by atoms with E-state index >= 15 is 0 Å². The van der Waals surface area contributed by atoms with Gasteiger partial charge in [0, 0.05) is 10.8 Å². The smallest absolute Gasteiger partial charge is 0.231 e. The zero-order valence-corrected chi connectivity index (χ0v) is 16.0. The number of aromatic nitrogens is 1. The van der Waals surface area contributed by atoms with Crippen molar-refractivity contribution in [1.29, 1.82) is 0 Å². The number of thiophene rings is 1. The molecule has 0 amide bonds. The fourth-order valence-electron chi connectivity index (χ4n) is 2.96. The molecule has 24 heavy (non-hydrogen) atoms. The Balaban J connectivity index is 1.88. The molecule has 1 N–H and O–H groups in total. The third kappa shape index (κ3) is 3.70. The lowest BCUT2D eigenvalue weighted by molar-refractivity contribution is 0.456. The minimum absolute atomic E-state index is 0.160. The summed E-state index contributed by atoms with van der Waals surface area (Å²) >= 11 is 3.25. The van der Waals surface area contributed by atoms with E-state index in [2.05, 4.69) is 50.0 Å². The van der Waals surface area contributed by atoms with Gasteiger partial charge in [-0.25, -0.2) is 4.98 Å². The van der Waals surface area contributed by atoms with Gasteiger partial charge in [0.1, 0.15) is 9.88 Å². The quantitative estimate of drug-likeness (QED) is 0.560. The van der Waals surface area contributed by atoms with Crippen LogP contribution < -0.4 is 0 Å². The molecule has 0 aliphatic rings. The van der Waals surface area contributed by atoms with E-state index in [1.165, 1.54) is 11.1 Å². The highest BCUT2D eigenvalue weighted by Crippen LogP contribution is 2.42. The van der Waals surface area contributed by atoms with Crippen LogP contribution in [-0.2, 0) is 6.42 Å². The van der Waals surface area contributed by atoms with Crippen LogP contribution in [0.25, 0.3) is 9.75 Å². The van der Waals surface area contributed by atoms with Crippen LogP contribution >= 0.6 is 22.7 Å². The molecule has 3 aromatic rings. The molecule has 1 atom stereocenters. The van der Waals surface area contributed by atoms with Gasteiger partial charge in [-0.1, -0.05) is 51.1 Å². The lowest BCUT2D eigenvalue weighted by Crippen LogP contribution is -2.00. The Morgan fingerprint density at radius 2 is 1.88 bits per heavy atom. The van der Waals surface area contributed by atoms with Crippen molar-refractivity contribution >= 4 is 22.7 Å². The highest BCUT2D eigenvalue weighted by atomic mass is 32.1. The fourth-order valence-corrected chi connectivity index (χ4v) is 4.98. The molecule has 1 aromatic carbocycles. The summed E-state index contributed by atoms with van der Waals surface area (Å²) in [7, 11) is 0. The summed E-state index contributed by atoms with van der Waals surface area (Å²) < 4.78 is 0. The molecular formula is C20H23NOS2. The minimum atomic E-state index is 0.160. The van der Waals surface area contributed by atoms with E-state index in [-0.39, 0.29) is 11.8 Å². The van der Waals surface area contributed by atoms with Crippen LogP contribution in [0.15, 0.2) is 41.8 Å². The summed E-state index contributed by atoms with van der Waals surface area (Å²) in [5, 5.41) is 13.3. The second-order valence-corrected chi connectivity index (χ2v) is 8.46. The lowest BCUT2D eigenvalue weighted by atomic mass is 9.94. The minimum Gasteiger partial charge on any atom is -0.492 e. The zero-order chi connectivity index (χ0) is 17.1. The van der Waals surface area contributed by atoms with E-state index < -0.39 is 0 Å². The maximum Gasteiger partial charge on any atom is 0.231 e. The Morgan fingerprint density at radius 1 is 1.12 bits per heavy atom. The normalized spacial score (nSPS) is 12.7. The molecule has 2 aromatic heterocycles. The first-order chi connectivity index (χ1) is 11.6. The zero-order valence-electron chi connectivity index (χ0n) is 14.3. The molecule has 1 unspecified atom stereocenters. The molecule has 0 radical (unpaired) electrons. The van der Waals surface area contributed by atoms with E-state index in [0.29, 0.717) is 5.92 Å². The van der Waals surface area contributed by atoms with Crippen molar-refractivity contribution in [1.82, 2.24) is 4.98 Å². The van der Waals surface area contributed by atoms with Gasteiger partial charge in [0.15, 0.2) is 0 Å². The van der Waals surface area contributed by atoms with Gasteiger partial charge in [0.25, 0.3) is 0 Å². The lowest BCUT2D eigenvalue weighted by Gasteiger charge is -2.13. The first-order valence-electron chi connectivity index (χ1n) is 8.40. The number of rotatable bonds is 6. The van der Waals surface area contributed by atoms with Crippen LogP contribution in [0.4, 0.5) is 0 Å². The molecule has 126 valence electrons. The molecule has 0 aliphatic heterocycles. The van der Waals surface area contributed by atoms with Gasteiger partial charge < -0.3 is 5.11 Å². The molecular weight excluding hydrogens is 334 g/mol. The fraction of sp³-hybridized carbons (Fsp3) is 0.350. The van der Waals surface area contributed by atoms with Crippen molar-refractivity contribution in [3.8, 4) is 15.6 Å². The van der Waals surface area contributed by atoms with Crippen molar-refractivity contribution in [2.75, 3.05) is 0 Å². The predicted molar refractivity (Wildman–Crippen MR) is 104 cm³/mol. The van der Waals surface area contributed by atoms with Crippen molar-refractivity contribution in [3.05, 3.63) is 57.9 Å². The Morgan fingerprint density at radius 3 is 2.46 bits per heavy atom. The molecule has 4 heteroatoms. The molecule has 0 bridgehead atoms. The number of hydrogen-bond acceptors (Lipinski definition) is 4. The van der Waals surface area contributed by atoms with Gasteiger partial charge in [-0.3, -0.25) is 0 Å². The van der Waals surface area contributed by atoms with Crippen LogP contribution in [0.3, 0.4) is 0 Å². The second kappa shape index (κ2) is 7.49. The van der Waals surface area contributed by atoms with Crippen LogP contribution in [0.5, 0.6) is 5.88 Å². The maximum absolute atomic E-state index is 10.2. The monoisotopic (exact) mass is 357 g/mol. The van der Waals surface area contributed by atoms with E-state index in [1.54, 1.807) is 22.7 Å². The summed E-state index contributed by atoms with van der Waals surface area (Å²) in [5.41, 5.74) is 2.65. The van der Waals surface area contributed by atoms with Crippen molar-refractivity contribution in [2.45, 2.75) is 39.5 Å². The average molecular weight is 358 g/mol. The maximum atomic E-state index is 10.2. The molecule has 0 aliphatic carbocycles. The number of benzene rings is 1. The summed E-state index contributed by atoms with van der Waals surface area (Å²) in [6.45, 7) is 6.66. The predicted octanol–water partition coefficient (Wildman–Crippen LogP) is 6.32. The summed E-state index contributed by atoms with van der Waals surface area (Å²) in [6, 6.07) is 12.9. The molecule has 0 spiro atoms. The highest BCUT2D eigenvalue weighted by Gasteiger charge is 2.20. The SMILES string of the molecule is CCC(c1ccc(CC(C)C)cc1)c1nc(O)c(-c2cccs2)s1. The second-order valence-electron chi connectivity index (χ2n) is 6.48. The van der Waals surface area contributed by atoms with Gasteiger partial charge >= 0.3 is 0 Å². The van der Waals surface area contributed by atoms with Gasteiger partial charge in [0.2, 0.25) is 5.88 Å². The molecule has 0 saturated heterocycles. The number of aromatic hydroxyl groups is 1. The van der Waals surface area contributed by atoms with Crippen LogP contribution in [0.1, 0.15) is 49.2 Å². The largest absolute Gasteiger partial charge is 0.492 e. The van der Waals surface area contributed by atoms with E-state index in [1.807, 2.05) is 17.5 Å². The summed E-state index contributed by atoms with van der Waals surface area (Å²) in [5.74, 6) is 1.07. The third-order valence-corrected chi connectivity index (χ3v) is 6.31. The molecule has 0 saturated carbocycles. The average Bonchev–Trinajstić information content (AvgIpc) is 3.19. The Hall–Kier alpha value is -1.65. The van der Waals surface area contributed by atoms with Crippen LogP contribution in [0, 0.1) is 5.92 Å². The summed E-state index contributed by atoms with van der Waals surface area (Å²) in [6.07, 6.45) is 2.08. The van der Waals surface area contributed by atoms with Gasteiger partial charge in [0.05, 0.1) is 0 Å². The molecule has 0 fully saturated rings. The Labute approximate surface area is 151 Å². The molecule has 2 heterocycles. The Bertz CT molecular complexity index is 773. The van der Waals surface area contributed by atoms with Crippen molar-refractivity contribution < 1.29 is 5.11 Å². The number of thiazole rings is 1. The third-order valence-electron chi connectivity index (χ3n) is 4.10. The van der Waals surface area contributed by atoms with Crippen molar-refractivity contribution in [3.63, 3.8) is 0 Å². The Kier molecular flexibility index (Phi) is 5.36. The van der Waals surface area contributed by atoms with E-state index in [4.69, 9.17) is 0 Å². The van der Waals surface area contributed by atoms with E-state index in [0.717, 1.165) is 27.6 Å². The summed E-state index contributed by atoms with van der Waals surface area (Å²) in [4.78, 5) is 6.43. The first kappa shape index (κ1) is 17.2. The van der Waals surface area contributed by atoms with Crippen LogP contribution in [0.2, 0.25) is 0 Å².